The standard InChI is InChI=1S/C21H23F2N7S/c22-13-3-4-16(23)15(10-13)18-2-1-7-29(18)19-6-9-30-20(27-19)17(11-25-30)26-21(31)28-8-5-14(24)12-28/h3-4,6,9-11,14,18H,1-2,5,7-8,12,24H2,(H,26,31)/t14-,18-/m1/s1. The molecule has 31 heavy (non-hydrogen) atoms. The summed E-state index contributed by atoms with van der Waals surface area (Å²) in [5, 5.41) is 8.17. The molecule has 2 aromatic heterocycles. The second-order valence-electron chi connectivity index (χ2n) is 8.05. The van der Waals surface area contributed by atoms with Gasteiger partial charge in [0.1, 0.15) is 23.1 Å². The lowest BCUT2D eigenvalue weighted by atomic mass is 10.0. The number of hydrogen-bond acceptors (Lipinski definition) is 5. The van der Waals surface area contributed by atoms with Gasteiger partial charge in [-0.2, -0.15) is 5.10 Å². The fourth-order valence-corrected chi connectivity index (χ4v) is 4.68. The molecule has 0 saturated carbocycles. The maximum Gasteiger partial charge on any atom is 0.180 e. The van der Waals surface area contributed by atoms with Crippen LogP contribution in [0.15, 0.2) is 36.7 Å². The second kappa shape index (κ2) is 8.01. The lowest BCUT2D eigenvalue weighted by Gasteiger charge is -2.26. The minimum Gasteiger partial charge on any atom is -0.349 e. The molecule has 3 N–H and O–H groups in total. The Bertz CT molecular complexity index is 1130. The van der Waals surface area contributed by atoms with E-state index >= 15 is 0 Å². The number of likely N-dealkylation sites (tertiary alicyclic amines) is 1. The summed E-state index contributed by atoms with van der Waals surface area (Å²) >= 11 is 5.53. The van der Waals surface area contributed by atoms with Gasteiger partial charge < -0.3 is 20.9 Å². The Labute approximate surface area is 183 Å². The fourth-order valence-electron chi connectivity index (χ4n) is 4.41. The Morgan fingerprint density at radius 1 is 1.19 bits per heavy atom. The highest BCUT2D eigenvalue weighted by atomic mass is 32.1. The predicted octanol–water partition coefficient (Wildman–Crippen LogP) is 3.08. The van der Waals surface area contributed by atoms with Crippen LogP contribution < -0.4 is 16.0 Å². The SMILES string of the molecule is N[C@@H]1CCN(C(=S)Nc2cnn3ccc(N4CCC[C@@H]4c4cc(F)ccc4F)nc23)C1. The van der Waals surface area contributed by atoms with Gasteiger partial charge in [0, 0.05) is 37.4 Å². The molecule has 0 bridgehead atoms. The second-order valence-corrected chi connectivity index (χ2v) is 8.44. The Hall–Kier alpha value is -2.85. The first kappa shape index (κ1) is 20.1. The summed E-state index contributed by atoms with van der Waals surface area (Å²) < 4.78 is 29.9. The number of thiocarbonyl (C=S) groups is 1. The van der Waals surface area contributed by atoms with E-state index in [1.807, 2.05) is 22.1 Å². The monoisotopic (exact) mass is 443 g/mol. The molecule has 2 fully saturated rings. The molecule has 2 atom stereocenters. The van der Waals surface area contributed by atoms with Crippen LogP contribution in [0.2, 0.25) is 0 Å². The zero-order valence-corrected chi connectivity index (χ0v) is 17.7. The summed E-state index contributed by atoms with van der Waals surface area (Å²) in [7, 11) is 0. The third-order valence-corrected chi connectivity index (χ3v) is 6.33. The number of nitrogens with zero attached hydrogens (tertiary/aromatic N) is 5. The first-order valence-corrected chi connectivity index (χ1v) is 10.8. The molecule has 0 radical (unpaired) electrons. The molecular weight excluding hydrogens is 420 g/mol. The van der Waals surface area contributed by atoms with Gasteiger partial charge in [-0.25, -0.2) is 18.3 Å². The topological polar surface area (TPSA) is 74.7 Å². The van der Waals surface area contributed by atoms with E-state index in [4.69, 9.17) is 22.9 Å². The quantitative estimate of drug-likeness (QED) is 0.603. The van der Waals surface area contributed by atoms with Crippen molar-refractivity contribution in [3.05, 3.63) is 53.9 Å². The van der Waals surface area contributed by atoms with Gasteiger partial charge >= 0.3 is 0 Å². The number of hydrogen-bond donors (Lipinski definition) is 2. The smallest absolute Gasteiger partial charge is 0.180 e. The molecule has 1 aromatic carbocycles. The molecule has 7 nitrogen and oxygen atoms in total. The Morgan fingerprint density at radius 2 is 2.06 bits per heavy atom. The Morgan fingerprint density at radius 3 is 2.87 bits per heavy atom. The van der Waals surface area contributed by atoms with Crippen LogP contribution in [-0.2, 0) is 0 Å². The zero-order chi connectivity index (χ0) is 21.5. The number of nitrogens with one attached hydrogen (secondary N) is 1. The van der Waals surface area contributed by atoms with Crippen LogP contribution in [0, 0.1) is 11.6 Å². The van der Waals surface area contributed by atoms with Gasteiger partial charge in [0.15, 0.2) is 10.8 Å². The lowest BCUT2D eigenvalue weighted by Crippen LogP contribution is -2.35. The lowest BCUT2D eigenvalue weighted by molar-refractivity contribution is 0.518. The van der Waals surface area contributed by atoms with Crippen molar-refractivity contribution in [1.29, 1.82) is 0 Å². The minimum absolute atomic E-state index is 0.128. The van der Waals surface area contributed by atoms with E-state index in [1.165, 1.54) is 12.1 Å². The minimum atomic E-state index is -0.441. The molecule has 0 aliphatic carbocycles. The maximum absolute atomic E-state index is 14.4. The number of benzene rings is 1. The van der Waals surface area contributed by atoms with Crippen LogP contribution in [0.3, 0.4) is 0 Å². The highest BCUT2D eigenvalue weighted by Crippen LogP contribution is 2.37. The molecule has 3 aromatic rings. The molecule has 162 valence electrons. The van der Waals surface area contributed by atoms with E-state index in [0.29, 0.717) is 34.4 Å². The van der Waals surface area contributed by atoms with Gasteiger partial charge in [0.05, 0.1) is 12.2 Å². The highest BCUT2D eigenvalue weighted by Gasteiger charge is 2.30. The highest BCUT2D eigenvalue weighted by molar-refractivity contribution is 7.80. The number of aromatic nitrogens is 3. The van der Waals surface area contributed by atoms with Crippen LogP contribution in [0.4, 0.5) is 20.3 Å². The summed E-state index contributed by atoms with van der Waals surface area (Å²) in [5.41, 5.74) is 7.66. The summed E-state index contributed by atoms with van der Waals surface area (Å²) in [6, 6.07) is 5.31. The predicted molar refractivity (Wildman–Crippen MR) is 119 cm³/mol. The van der Waals surface area contributed by atoms with Crippen molar-refractivity contribution in [2.75, 3.05) is 29.9 Å². The van der Waals surface area contributed by atoms with Crippen molar-refractivity contribution in [2.24, 2.45) is 5.73 Å². The van der Waals surface area contributed by atoms with Gasteiger partial charge in [-0.1, -0.05) is 0 Å². The van der Waals surface area contributed by atoms with E-state index in [2.05, 4.69) is 10.4 Å². The first-order chi connectivity index (χ1) is 15.0. The first-order valence-electron chi connectivity index (χ1n) is 10.4. The maximum atomic E-state index is 14.4. The average Bonchev–Trinajstić information content (AvgIpc) is 3.49. The number of halogens is 2. The fraction of sp³-hybridized carbons (Fsp3) is 0.381. The van der Waals surface area contributed by atoms with Crippen molar-refractivity contribution in [3.63, 3.8) is 0 Å². The molecule has 0 unspecified atom stereocenters. The van der Waals surface area contributed by atoms with E-state index in [-0.39, 0.29) is 12.1 Å². The molecule has 4 heterocycles. The molecule has 2 aliphatic rings. The average molecular weight is 444 g/mol. The van der Waals surface area contributed by atoms with Crippen molar-refractivity contribution < 1.29 is 8.78 Å². The van der Waals surface area contributed by atoms with Crippen LogP contribution in [0.1, 0.15) is 30.9 Å². The Balaban J connectivity index is 1.43. The molecule has 10 heteroatoms. The third-order valence-electron chi connectivity index (χ3n) is 5.97. The summed E-state index contributed by atoms with van der Waals surface area (Å²) in [4.78, 5) is 8.84. The van der Waals surface area contributed by atoms with Crippen LogP contribution in [-0.4, -0.2) is 50.3 Å². The normalized spacial score (nSPS) is 21.3. The molecule has 2 aliphatic heterocycles. The number of rotatable bonds is 3. The molecule has 5 rings (SSSR count). The van der Waals surface area contributed by atoms with E-state index in [0.717, 1.165) is 38.4 Å². The Kier molecular flexibility index (Phi) is 5.19. The van der Waals surface area contributed by atoms with Crippen LogP contribution in [0.5, 0.6) is 0 Å². The molecule has 0 amide bonds. The van der Waals surface area contributed by atoms with E-state index < -0.39 is 11.6 Å². The van der Waals surface area contributed by atoms with Gasteiger partial charge in [0.2, 0.25) is 0 Å². The third kappa shape index (κ3) is 3.81. The van der Waals surface area contributed by atoms with Gasteiger partial charge in [0.25, 0.3) is 0 Å². The van der Waals surface area contributed by atoms with Gasteiger partial charge in [-0.3, -0.25) is 0 Å². The largest absolute Gasteiger partial charge is 0.349 e. The number of fused-ring (bicyclic) bond motifs is 1. The van der Waals surface area contributed by atoms with E-state index in [9.17, 15) is 8.78 Å². The summed E-state index contributed by atoms with van der Waals surface area (Å²) in [6.07, 6.45) is 6.01. The number of nitrogens with two attached hydrogens (primary N) is 1. The van der Waals surface area contributed by atoms with Crippen LogP contribution in [0.25, 0.3) is 5.65 Å². The molecule has 2 saturated heterocycles. The van der Waals surface area contributed by atoms with Crippen molar-refractivity contribution >= 4 is 34.5 Å². The molecular formula is C21H23F2N7S. The van der Waals surface area contributed by atoms with Crippen LogP contribution >= 0.6 is 12.2 Å². The summed E-state index contributed by atoms with van der Waals surface area (Å²) in [6.45, 7) is 2.25. The van der Waals surface area contributed by atoms with Crippen molar-refractivity contribution in [3.8, 4) is 0 Å². The zero-order valence-electron chi connectivity index (χ0n) is 16.8. The number of anilines is 2. The summed E-state index contributed by atoms with van der Waals surface area (Å²) in [5.74, 6) is -0.152. The van der Waals surface area contributed by atoms with E-state index in [1.54, 1.807) is 10.7 Å². The van der Waals surface area contributed by atoms with Crippen molar-refractivity contribution in [1.82, 2.24) is 19.5 Å². The van der Waals surface area contributed by atoms with Gasteiger partial charge in [-0.15, -0.1) is 0 Å². The van der Waals surface area contributed by atoms with Gasteiger partial charge in [-0.05, 0) is 55.7 Å². The van der Waals surface area contributed by atoms with Crippen molar-refractivity contribution in [2.45, 2.75) is 31.3 Å². The molecule has 0 spiro atoms.